The number of nitrogens with zero attached hydrogens (tertiary/aromatic N) is 1. The molecular formula is C6H7BrN2O2. The number of hydrogen-bond donors (Lipinski definition) is 1. The molecule has 0 atom stereocenters. The van der Waals surface area contributed by atoms with Gasteiger partial charge in [0, 0.05) is 13.3 Å². The Balaban J connectivity index is 2.96. The number of methoxy groups -OCH3 is 1. The fourth-order valence-corrected chi connectivity index (χ4v) is 0.828. The molecule has 60 valence electrons. The van der Waals surface area contributed by atoms with E-state index in [4.69, 9.17) is 4.74 Å². The van der Waals surface area contributed by atoms with Gasteiger partial charge in [-0.15, -0.1) is 0 Å². The molecule has 0 saturated heterocycles. The molecule has 1 rings (SSSR count). The average Bonchev–Trinajstić information content (AvgIpc) is 1.98. The third-order valence-corrected chi connectivity index (χ3v) is 1.65. The van der Waals surface area contributed by atoms with Gasteiger partial charge in [0.1, 0.15) is 16.9 Å². The van der Waals surface area contributed by atoms with Crippen LogP contribution in [0.4, 0.5) is 0 Å². The molecule has 11 heavy (non-hydrogen) atoms. The number of H-pyrrole nitrogens is 1. The molecule has 4 nitrogen and oxygen atoms in total. The summed E-state index contributed by atoms with van der Waals surface area (Å²) in [5.41, 5.74) is -0.188. The summed E-state index contributed by atoms with van der Waals surface area (Å²) < 4.78 is 5.20. The van der Waals surface area contributed by atoms with Crippen molar-refractivity contribution in [3.8, 4) is 0 Å². The standard InChI is InChI=1S/C6H7BrN2O2/c1-11-3-5-8-2-4(7)6(10)9-5/h2H,3H2,1H3,(H,8,9,10). The SMILES string of the molecule is COCc1ncc(Br)c(=O)[nH]1. The van der Waals surface area contributed by atoms with Crippen LogP contribution in [0.25, 0.3) is 0 Å². The Morgan fingerprint density at radius 2 is 2.55 bits per heavy atom. The summed E-state index contributed by atoms with van der Waals surface area (Å²) in [6, 6.07) is 0. The fourth-order valence-electron chi connectivity index (χ4n) is 0.626. The molecule has 0 bridgehead atoms. The molecule has 1 N–H and O–H groups in total. The van der Waals surface area contributed by atoms with E-state index in [0.29, 0.717) is 16.9 Å². The van der Waals surface area contributed by atoms with E-state index in [2.05, 4.69) is 25.9 Å². The highest BCUT2D eigenvalue weighted by Gasteiger charge is 1.97. The van der Waals surface area contributed by atoms with Crippen molar-refractivity contribution in [2.45, 2.75) is 6.61 Å². The molecule has 1 aromatic heterocycles. The van der Waals surface area contributed by atoms with Gasteiger partial charge in [0.15, 0.2) is 0 Å². The van der Waals surface area contributed by atoms with Crippen LogP contribution in [-0.2, 0) is 11.3 Å². The minimum Gasteiger partial charge on any atom is -0.377 e. The second-order valence-electron chi connectivity index (χ2n) is 1.94. The predicted octanol–water partition coefficient (Wildman–Crippen LogP) is 0.679. The van der Waals surface area contributed by atoms with Crippen molar-refractivity contribution >= 4 is 15.9 Å². The quantitative estimate of drug-likeness (QED) is 0.795. The molecule has 0 spiro atoms. The summed E-state index contributed by atoms with van der Waals surface area (Å²) in [6.07, 6.45) is 1.45. The predicted molar refractivity (Wildman–Crippen MR) is 43.3 cm³/mol. The lowest BCUT2D eigenvalue weighted by molar-refractivity contribution is 0.177. The minimum atomic E-state index is -0.188. The van der Waals surface area contributed by atoms with Crippen molar-refractivity contribution in [2.24, 2.45) is 0 Å². The van der Waals surface area contributed by atoms with Crippen LogP contribution in [0.5, 0.6) is 0 Å². The van der Waals surface area contributed by atoms with Gasteiger partial charge in [0.25, 0.3) is 5.56 Å². The Bertz CT molecular complexity index is 297. The van der Waals surface area contributed by atoms with Gasteiger partial charge >= 0.3 is 0 Å². The molecule has 0 fully saturated rings. The highest BCUT2D eigenvalue weighted by molar-refractivity contribution is 9.10. The number of hydrogen-bond acceptors (Lipinski definition) is 3. The second-order valence-corrected chi connectivity index (χ2v) is 2.79. The first-order valence-electron chi connectivity index (χ1n) is 2.96. The first-order valence-corrected chi connectivity index (χ1v) is 3.76. The first kappa shape index (κ1) is 8.42. The van der Waals surface area contributed by atoms with Crippen LogP contribution in [0.15, 0.2) is 15.5 Å². The van der Waals surface area contributed by atoms with Gasteiger partial charge in [-0.1, -0.05) is 0 Å². The van der Waals surface area contributed by atoms with Gasteiger partial charge in [-0.2, -0.15) is 0 Å². The van der Waals surface area contributed by atoms with E-state index in [9.17, 15) is 4.79 Å². The van der Waals surface area contributed by atoms with Crippen molar-refractivity contribution in [3.05, 3.63) is 26.8 Å². The molecule has 5 heteroatoms. The van der Waals surface area contributed by atoms with Crippen LogP contribution in [0.2, 0.25) is 0 Å². The fraction of sp³-hybridized carbons (Fsp3) is 0.333. The second kappa shape index (κ2) is 3.64. The lowest BCUT2D eigenvalue weighted by atomic mass is 10.6. The van der Waals surface area contributed by atoms with Crippen molar-refractivity contribution < 1.29 is 4.74 Å². The van der Waals surface area contributed by atoms with Crippen molar-refractivity contribution in [2.75, 3.05) is 7.11 Å². The van der Waals surface area contributed by atoms with Crippen LogP contribution in [0, 0.1) is 0 Å². The van der Waals surface area contributed by atoms with Crippen molar-refractivity contribution in [3.63, 3.8) is 0 Å². The smallest absolute Gasteiger partial charge is 0.265 e. The zero-order chi connectivity index (χ0) is 8.27. The highest BCUT2D eigenvalue weighted by atomic mass is 79.9. The molecule has 1 aromatic rings. The average molecular weight is 219 g/mol. The number of nitrogens with one attached hydrogen (secondary N) is 1. The summed E-state index contributed by atoms with van der Waals surface area (Å²) in [6.45, 7) is 0.322. The molecule has 1 heterocycles. The highest BCUT2D eigenvalue weighted by Crippen LogP contribution is 1.98. The zero-order valence-electron chi connectivity index (χ0n) is 5.93. The van der Waals surface area contributed by atoms with Crippen LogP contribution < -0.4 is 5.56 Å². The summed E-state index contributed by atoms with van der Waals surface area (Å²) in [5, 5.41) is 0. The van der Waals surface area contributed by atoms with E-state index < -0.39 is 0 Å². The summed E-state index contributed by atoms with van der Waals surface area (Å²) in [5.74, 6) is 0.528. The zero-order valence-corrected chi connectivity index (χ0v) is 7.51. The lowest BCUT2D eigenvalue weighted by Crippen LogP contribution is -2.11. The number of aromatic nitrogens is 2. The molecule has 0 unspecified atom stereocenters. The Hall–Kier alpha value is -0.680. The maximum absolute atomic E-state index is 10.9. The van der Waals surface area contributed by atoms with E-state index >= 15 is 0 Å². The number of aromatic amines is 1. The van der Waals surface area contributed by atoms with Crippen LogP contribution in [0.3, 0.4) is 0 Å². The molecular weight excluding hydrogens is 212 g/mol. The summed E-state index contributed by atoms with van der Waals surface area (Å²) >= 11 is 3.03. The Morgan fingerprint density at radius 1 is 1.82 bits per heavy atom. The maximum atomic E-state index is 10.9. The Morgan fingerprint density at radius 3 is 3.09 bits per heavy atom. The molecule has 0 aliphatic carbocycles. The Kier molecular flexibility index (Phi) is 2.78. The monoisotopic (exact) mass is 218 g/mol. The first-order chi connectivity index (χ1) is 5.24. The molecule has 0 aromatic carbocycles. The summed E-state index contributed by atoms with van der Waals surface area (Å²) in [7, 11) is 1.54. The molecule has 0 amide bonds. The minimum absolute atomic E-state index is 0.188. The van der Waals surface area contributed by atoms with E-state index in [-0.39, 0.29) is 5.56 Å². The van der Waals surface area contributed by atoms with Crippen molar-refractivity contribution in [1.29, 1.82) is 0 Å². The van der Waals surface area contributed by atoms with Gasteiger partial charge in [0.2, 0.25) is 0 Å². The van der Waals surface area contributed by atoms with E-state index in [1.807, 2.05) is 0 Å². The largest absolute Gasteiger partial charge is 0.377 e. The molecule has 0 aliphatic heterocycles. The van der Waals surface area contributed by atoms with E-state index in [1.165, 1.54) is 6.20 Å². The number of rotatable bonds is 2. The van der Waals surface area contributed by atoms with Gasteiger partial charge in [-0.3, -0.25) is 4.79 Å². The van der Waals surface area contributed by atoms with Gasteiger partial charge in [-0.05, 0) is 15.9 Å². The van der Waals surface area contributed by atoms with Crippen LogP contribution in [-0.4, -0.2) is 17.1 Å². The van der Waals surface area contributed by atoms with Crippen molar-refractivity contribution in [1.82, 2.24) is 9.97 Å². The third kappa shape index (κ3) is 2.13. The Labute approximate surface area is 71.7 Å². The van der Waals surface area contributed by atoms with Crippen LogP contribution >= 0.6 is 15.9 Å². The van der Waals surface area contributed by atoms with Gasteiger partial charge in [0.05, 0.1) is 0 Å². The van der Waals surface area contributed by atoms with Crippen LogP contribution in [0.1, 0.15) is 5.82 Å². The summed E-state index contributed by atoms with van der Waals surface area (Å²) in [4.78, 5) is 17.4. The molecule has 0 saturated carbocycles. The van der Waals surface area contributed by atoms with E-state index in [0.717, 1.165) is 0 Å². The molecule has 0 radical (unpaired) electrons. The van der Waals surface area contributed by atoms with E-state index in [1.54, 1.807) is 7.11 Å². The lowest BCUT2D eigenvalue weighted by Gasteiger charge is -1.96. The van der Waals surface area contributed by atoms with Gasteiger partial charge < -0.3 is 9.72 Å². The third-order valence-electron chi connectivity index (χ3n) is 1.09. The maximum Gasteiger partial charge on any atom is 0.265 e. The molecule has 0 aliphatic rings. The number of ether oxygens (including phenoxy) is 1. The normalized spacial score (nSPS) is 10.0. The number of halogens is 1. The van der Waals surface area contributed by atoms with Gasteiger partial charge in [-0.25, -0.2) is 4.98 Å². The topological polar surface area (TPSA) is 55.0 Å².